The number of carbonyl (C=O) groups excluding carboxylic acids is 1. The van der Waals surface area contributed by atoms with Crippen LogP contribution in [0.4, 0.5) is 0 Å². The summed E-state index contributed by atoms with van der Waals surface area (Å²) in [6, 6.07) is 5.11. The number of esters is 1. The van der Waals surface area contributed by atoms with E-state index in [-0.39, 0.29) is 12.4 Å². The summed E-state index contributed by atoms with van der Waals surface area (Å²) in [5.41, 5.74) is 0.953. The fourth-order valence-electron chi connectivity index (χ4n) is 1.52. The highest BCUT2D eigenvalue weighted by Crippen LogP contribution is 2.22. The van der Waals surface area contributed by atoms with Crippen molar-refractivity contribution in [1.29, 1.82) is 0 Å². The molecule has 0 fully saturated rings. The molecule has 2 N–H and O–H groups in total. The van der Waals surface area contributed by atoms with E-state index in [2.05, 4.69) is 4.74 Å². The number of carbonyl (C=O) groups is 2. The molecule has 1 aromatic rings. The molecule has 0 saturated heterocycles. The Morgan fingerprint density at radius 1 is 1.44 bits per heavy atom. The Hall–Kier alpha value is -1.15. The summed E-state index contributed by atoms with van der Waals surface area (Å²) in [5.74, 6) is -1.68. The summed E-state index contributed by atoms with van der Waals surface area (Å²) < 4.78 is 5.35. The quantitative estimate of drug-likeness (QED) is 0.612. The van der Waals surface area contributed by atoms with Gasteiger partial charge in [0.05, 0.1) is 7.11 Å². The van der Waals surface area contributed by atoms with E-state index in [1.807, 2.05) is 22.6 Å². The molecule has 0 saturated carbocycles. The molecule has 0 spiro atoms. The van der Waals surface area contributed by atoms with E-state index >= 15 is 0 Å². The number of halogens is 1. The van der Waals surface area contributed by atoms with Gasteiger partial charge >= 0.3 is 11.9 Å². The van der Waals surface area contributed by atoms with Gasteiger partial charge in [-0.3, -0.25) is 4.79 Å². The maximum Gasteiger partial charge on any atom is 0.337 e. The Bertz CT molecular complexity index is 458. The molecule has 0 aliphatic rings. The number of aliphatic hydroxyl groups is 1. The summed E-state index contributed by atoms with van der Waals surface area (Å²) in [6.45, 7) is 0. The third-order valence-corrected chi connectivity index (χ3v) is 3.13. The van der Waals surface area contributed by atoms with Crippen LogP contribution in [0.1, 0.15) is 23.7 Å². The number of carboxylic acids is 1. The normalized spacial score (nSPS) is 11.9. The Balaban J connectivity index is 2.96. The predicted molar refractivity (Wildman–Crippen MR) is 72.1 cm³/mol. The molecule has 0 aliphatic heterocycles. The summed E-state index contributed by atoms with van der Waals surface area (Å²) in [6.07, 6.45) is -1.09. The van der Waals surface area contributed by atoms with Crippen LogP contribution in [0, 0.1) is 3.57 Å². The van der Waals surface area contributed by atoms with Crippen molar-refractivity contribution in [1.82, 2.24) is 0 Å². The van der Waals surface area contributed by atoms with E-state index in [1.54, 1.807) is 18.2 Å². The Kier molecular flexibility index (Phi) is 5.54. The molecule has 1 rings (SSSR count). The number of hydrogen-bond donors (Lipinski definition) is 2. The number of benzene rings is 1. The van der Waals surface area contributed by atoms with Crippen LogP contribution in [0.15, 0.2) is 18.2 Å². The van der Waals surface area contributed by atoms with Gasteiger partial charge in [0.25, 0.3) is 0 Å². The first-order chi connectivity index (χ1) is 8.45. The molecule has 1 atom stereocenters. The van der Waals surface area contributed by atoms with Crippen molar-refractivity contribution in [2.75, 3.05) is 7.11 Å². The van der Waals surface area contributed by atoms with E-state index in [0.717, 1.165) is 3.57 Å². The van der Waals surface area contributed by atoms with E-state index < -0.39 is 12.1 Å². The van der Waals surface area contributed by atoms with Crippen LogP contribution in [0.2, 0.25) is 0 Å². The summed E-state index contributed by atoms with van der Waals surface area (Å²) >= 11 is 2.03. The smallest absolute Gasteiger partial charge is 0.337 e. The maximum atomic E-state index is 11.1. The second-order valence-electron chi connectivity index (χ2n) is 3.66. The van der Waals surface area contributed by atoms with E-state index in [0.29, 0.717) is 17.5 Å². The fraction of sp³-hybridized carbons (Fsp3) is 0.333. The molecule has 18 heavy (non-hydrogen) atoms. The van der Waals surface area contributed by atoms with Gasteiger partial charge in [-0.1, -0.05) is 6.07 Å². The van der Waals surface area contributed by atoms with Crippen LogP contribution in [0.25, 0.3) is 0 Å². The first-order valence-electron chi connectivity index (χ1n) is 5.21. The van der Waals surface area contributed by atoms with Crippen LogP contribution in [0.5, 0.6) is 0 Å². The Morgan fingerprint density at radius 3 is 2.67 bits per heavy atom. The zero-order valence-corrected chi connectivity index (χ0v) is 11.9. The lowest BCUT2D eigenvalue weighted by Crippen LogP contribution is -2.14. The molecular weight excluding hydrogens is 351 g/mol. The molecule has 0 aromatic heterocycles. The number of hydrogen-bond acceptors (Lipinski definition) is 4. The van der Waals surface area contributed by atoms with Crippen molar-refractivity contribution < 1.29 is 24.5 Å². The number of aliphatic carboxylic acids is 1. The molecule has 5 nitrogen and oxygen atoms in total. The molecule has 0 bridgehead atoms. The van der Waals surface area contributed by atoms with Crippen LogP contribution in [0.3, 0.4) is 0 Å². The highest BCUT2D eigenvalue weighted by molar-refractivity contribution is 14.1. The lowest BCUT2D eigenvalue weighted by atomic mass is 9.99. The lowest BCUT2D eigenvalue weighted by molar-refractivity contribution is -0.147. The van der Waals surface area contributed by atoms with E-state index in [9.17, 15) is 14.7 Å². The van der Waals surface area contributed by atoms with Gasteiger partial charge < -0.3 is 14.9 Å². The number of carboxylic acid groups (broad SMARTS) is 1. The number of aliphatic hydroxyl groups excluding tert-OH is 1. The Labute approximate surface area is 118 Å². The van der Waals surface area contributed by atoms with Crippen LogP contribution in [-0.4, -0.2) is 29.3 Å². The number of rotatable bonds is 5. The first-order valence-corrected chi connectivity index (χ1v) is 6.29. The van der Waals surface area contributed by atoms with Gasteiger partial charge in [-0.25, -0.2) is 4.79 Å². The third kappa shape index (κ3) is 3.95. The Morgan fingerprint density at radius 2 is 2.11 bits per heavy atom. The minimum atomic E-state index is -1.58. The molecule has 98 valence electrons. The highest BCUT2D eigenvalue weighted by atomic mass is 127. The lowest BCUT2D eigenvalue weighted by Gasteiger charge is -2.12. The minimum absolute atomic E-state index is 0.149. The average Bonchev–Trinajstić information content (AvgIpc) is 2.35. The van der Waals surface area contributed by atoms with E-state index in [1.165, 1.54) is 7.11 Å². The zero-order chi connectivity index (χ0) is 13.7. The molecule has 0 radical (unpaired) electrons. The van der Waals surface area contributed by atoms with Gasteiger partial charge in [-0.05, 0) is 52.3 Å². The molecule has 1 aromatic carbocycles. The largest absolute Gasteiger partial charge is 0.479 e. The molecule has 0 heterocycles. The van der Waals surface area contributed by atoms with Crippen molar-refractivity contribution in [3.63, 3.8) is 0 Å². The number of aryl methyl sites for hydroxylation is 1. The average molecular weight is 364 g/mol. The fourth-order valence-corrected chi connectivity index (χ4v) is 2.04. The van der Waals surface area contributed by atoms with Gasteiger partial charge in [0, 0.05) is 9.99 Å². The van der Waals surface area contributed by atoms with Crippen LogP contribution >= 0.6 is 22.6 Å². The van der Waals surface area contributed by atoms with Crippen molar-refractivity contribution in [3.05, 3.63) is 32.9 Å². The van der Waals surface area contributed by atoms with Crippen molar-refractivity contribution in [2.24, 2.45) is 0 Å². The van der Waals surface area contributed by atoms with Gasteiger partial charge in [-0.15, -0.1) is 0 Å². The second kappa shape index (κ2) is 6.69. The summed E-state index contributed by atoms with van der Waals surface area (Å²) in [5, 5.41) is 18.4. The van der Waals surface area contributed by atoms with Crippen molar-refractivity contribution >= 4 is 34.5 Å². The van der Waals surface area contributed by atoms with Gasteiger partial charge in [-0.2, -0.15) is 0 Å². The predicted octanol–water partition coefficient (Wildman–Crippen LogP) is 1.51. The summed E-state index contributed by atoms with van der Waals surface area (Å²) in [7, 11) is 1.29. The molecule has 6 heteroatoms. The number of ether oxygens (including phenoxy) is 1. The third-order valence-electron chi connectivity index (χ3n) is 2.46. The van der Waals surface area contributed by atoms with Gasteiger partial charge in [0.15, 0.2) is 6.10 Å². The van der Waals surface area contributed by atoms with Crippen LogP contribution in [-0.2, 0) is 20.7 Å². The maximum absolute atomic E-state index is 11.1. The molecule has 1 unspecified atom stereocenters. The standard InChI is InChI=1S/C12H13IO5/c1-18-10(14)5-3-7-2-4-8(13)6-9(7)11(15)12(16)17/h2,4,6,11,15H,3,5H2,1H3,(H,16,17). The number of methoxy groups -OCH3 is 1. The minimum Gasteiger partial charge on any atom is -0.479 e. The van der Waals surface area contributed by atoms with Gasteiger partial charge in [0.1, 0.15) is 0 Å². The van der Waals surface area contributed by atoms with Crippen molar-refractivity contribution in [3.8, 4) is 0 Å². The van der Waals surface area contributed by atoms with Gasteiger partial charge in [0.2, 0.25) is 0 Å². The van der Waals surface area contributed by atoms with Crippen LogP contribution < -0.4 is 0 Å². The highest BCUT2D eigenvalue weighted by Gasteiger charge is 2.20. The second-order valence-corrected chi connectivity index (χ2v) is 4.91. The molecule has 0 amide bonds. The topological polar surface area (TPSA) is 83.8 Å². The SMILES string of the molecule is COC(=O)CCc1ccc(I)cc1C(O)C(=O)O. The zero-order valence-electron chi connectivity index (χ0n) is 9.72. The first kappa shape index (κ1) is 14.9. The molecular formula is C12H13IO5. The summed E-state index contributed by atoms with van der Waals surface area (Å²) in [4.78, 5) is 21.9. The molecule has 0 aliphatic carbocycles. The van der Waals surface area contributed by atoms with E-state index in [4.69, 9.17) is 5.11 Å². The monoisotopic (exact) mass is 364 g/mol. The van der Waals surface area contributed by atoms with Crippen molar-refractivity contribution in [2.45, 2.75) is 18.9 Å².